The summed E-state index contributed by atoms with van der Waals surface area (Å²) in [5.41, 5.74) is -0.806. The summed E-state index contributed by atoms with van der Waals surface area (Å²) in [5, 5.41) is 23.9. The number of anilines is 1. The lowest BCUT2D eigenvalue weighted by Crippen LogP contribution is -2.39. The molecule has 2 aromatic heterocycles. The van der Waals surface area contributed by atoms with Crippen molar-refractivity contribution in [2.45, 2.75) is 51.8 Å². The molecule has 4 heterocycles. The maximum Gasteiger partial charge on any atom is 0.407 e. The third-order valence-electron chi connectivity index (χ3n) is 7.49. The van der Waals surface area contributed by atoms with Crippen LogP contribution < -0.4 is 20.5 Å². The number of hydrogen-bond donors (Lipinski definition) is 2. The van der Waals surface area contributed by atoms with Gasteiger partial charge in [0, 0.05) is 28.6 Å². The molecule has 0 aliphatic carbocycles. The Morgan fingerprint density at radius 1 is 1.40 bits per heavy atom. The van der Waals surface area contributed by atoms with Gasteiger partial charge >= 0.3 is 6.09 Å². The van der Waals surface area contributed by atoms with Crippen molar-refractivity contribution in [1.29, 1.82) is 5.26 Å². The number of aromatic amines is 1. The van der Waals surface area contributed by atoms with Crippen LogP contribution in [0.15, 0.2) is 29.2 Å². The van der Waals surface area contributed by atoms with Gasteiger partial charge in [-0.1, -0.05) is 17.7 Å². The Morgan fingerprint density at radius 3 is 2.95 bits per heavy atom. The van der Waals surface area contributed by atoms with E-state index >= 15 is 4.39 Å². The van der Waals surface area contributed by atoms with E-state index in [-0.39, 0.29) is 63.4 Å². The Hall–Kier alpha value is -4.63. The topological polar surface area (TPSA) is 138 Å². The molecule has 4 aromatic rings. The molecule has 13 heteroatoms. The summed E-state index contributed by atoms with van der Waals surface area (Å²) in [6.07, 6.45) is 2.20. The van der Waals surface area contributed by atoms with Crippen LogP contribution in [0.25, 0.3) is 33.2 Å². The molecule has 2 aromatic carbocycles. The number of nitriles is 1. The Balaban J connectivity index is 1.55. The predicted octanol–water partition coefficient (Wildman–Crippen LogP) is 5.04. The van der Waals surface area contributed by atoms with E-state index in [2.05, 4.69) is 26.7 Å². The third-order valence-corrected chi connectivity index (χ3v) is 7.83. The minimum atomic E-state index is -2.88. The van der Waals surface area contributed by atoms with E-state index in [0.717, 1.165) is 12.8 Å². The zero-order chi connectivity index (χ0) is 33.1. The van der Waals surface area contributed by atoms with Crippen LogP contribution in [0.5, 0.6) is 5.75 Å². The number of carbonyl (C=O) groups excluding carboxylic acids is 1. The molecular formula is C30H29ClFN7O4. The minimum absolute atomic E-state index is 0.0391. The van der Waals surface area contributed by atoms with Crippen LogP contribution in [0.4, 0.5) is 14.9 Å². The standard InChI is InChI=1S/C30H29ClFN7O4/c1-30(2,3)43-29(41)34-13-21-18-10-15(7-8-17(18)28(40)37-36-21)20-12-35-38(4)25(20)22-19(11-33)26-27(23(31)24(22)32)42-14-16-6-5-9-39(16)26/h7-8,10,12,16H,5-6,9,13-14H2,1-4H3,(H,34,41)(H,37,40)/t16-/m0/s1/i4D3. The van der Waals surface area contributed by atoms with Gasteiger partial charge in [0.25, 0.3) is 5.56 Å². The number of H-pyrrole nitrogens is 1. The largest absolute Gasteiger partial charge is 0.488 e. The van der Waals surface area contributed by atoms with Crippen LogP contribution in [0.3, 0.4) is 0 Å². The molecule has 222 valence electrons. The maximum atomic E-state index is 16.4. The van der Waals surface area contributed by atoms with Gasteiger partial charge in [-0.2, -0.15) is 15.5 Å². The summed E-state index contributed by atoms with van der Waals surface area (Å²) in [6.45, 7) is 3.04. The molecular weight excluding hydrogens is 577 g/mol. The molecule has 0 radical (unpaired) electrons. The second-order valence-corrected chi connectivity index (χ2v) is 11.8. The number of ether oxygens (including phenoxy) is 2. The first-order valence-electron chi connectivity index (χ1n) is 15.1. The second kappa shape index (κ2) is 10.6. The number of hydrogen-bond acceptors (Lipinski definition) is 8. The van der Waals surface area contributed by atoms with Gasteiger partial charge in [0.1, 0.15) is 29.0 Å². The van der Waals surface area contributed by atoms with Gasteiger partial charge in [-0.05, 0) is 51.3 Å². The van der Waals surface area contributed by atoms with E-state index in [0.29, 0.717) is 27.9 Å². The fraction of sp³-hybridized carbons (Fsp3) is 0.367. The normalized spacial score (nSPS) is 17.3. The second-order valence-electron chi connectivity index (χ2n) is 11.4. The third kappa shape index (κ3) is 4.93. The molecule has 2 N–H and O–H groups in total. The lowest BCUT2D eigenvalue weighted by Gasteiger charge is -2.35. The first-order chi connectivity index (χ1) is 21.7. The number of benzene rings is 2. The first-order valence-corrected chi connectivity index (χ1v) is 14.0. The molecule has 0 saturated carbocycles. The van der Waals surface area contributed by atoms with Crippen molar-refractivity contribution in [1.82, 2.24) is 25.3 Å². The maximum absolute atomic E-state index is 16.4. The number of nitrogens with zero attached hydrogens (tertiary/aromatic N) is 5. The quantitative estimate of drug-likeness (QED) is 0.329. The zero-order valence-corrected chi connectivity index (χ0v) is 24.3. The van der Waals surface area contributed by atoms with Crippen LogP contribution >= 0.6 is 11.6 Å². The molecule has 11 nitrogen and oxygen atoms in total. The minimum Gasteiger partial charge on any atom is -0.488 e. The summed E-state index contributed by atoms with van der Waals surface area (Å²) in [5.74, 6) is -0.986. The number of rotatable bonds is 4. The SMILES string of the molecule is [2H]C([2H])([2H])n1ncc(-c2ccc3c(=O)[nH]nc(CNC(=O)OC(C)(C)C)c3c2)c1-c1c(F)c(Cl)c2c(c1C#N)N1CCC[C@H]1CO2. The highest BCUT2D eigenvalue weighted by molar-refractivity contribution is 6.33. The Morgan fingerprint density at radius 2 is 2.21 bits per heavy atom. The highest BCUT2D eigenvalue weighted by Crippen LogP contribution is 2.51. The molecule has 2 aliphatic rings. The first kappa shape index (κ1) is 24.9. The van der Waals surface area contributed by atoms with Gasteiger partial charge in [-0.15, -0.1) is 0 Å². The number of aryl methyl sites for hydroxylation is 1. The molecule has 0 unspecified atom stereocenters. The Kier molecular flexibility index (Phi) is 6.13. The Labute approximate surface area is 255 Å². The van der Waals surface area contributed by atoms with Gasteiger partial charge in [0.15, 0.2) is 11.6 Å². The van der Waals surface area contributed by atoms with Crippen LogP contribution in [0, 0.1) is 17.1 Å². The highest BCUT2D eigenvalue weighted by Gasteiger charge is 2.39. The van der Waals surface area contributed by atoms with Crippen molar-refractivity contribution in [2.75, 3.05) is 18.1 Å². The van der Waals surface area contributed by atoms with Crippen molar-refractivity contribution in [2.24, 2.45) is 6.98 Å². The van der Waals surface area contributed by atoms with Crippen LogP contribution in [-0.4, -0.2) is 50.9 Å². The van der Waals surface area contributed by atoms with Crippen molar-refractivity contribution in [3.63, 3.8) is 0 Å². The van der Waals surface area contributed by atoms with Gasteiger partial charge in [-0.3, -0.25) is 9.48 Å². The lowest BCUT2D eigenvalue weighted by atomic mass is 9.94. The molecule has 0 bridgehead atoms. The van der Waals surface area contributed by atoms with Crippen molar-refractivity contribution < 1.29 is 22.8 Å². The van der Waals surface area contributed by atoms with E-state index in [1.165, 1.54) is 12.3 Å². The average Bonchev–Trinajstić information content (AvgIpc) is 3.65. The number of alkyl carbamates (subject to hydrolysis) is 1. The van der Waals surface area contributed by atoms with E-state index in [9.17, 15) is 14.9 Å². The number of halogens is 2. The number of fused-ring (bicyclic) bond motifs is 4. The van der Waals surface area contributed by atoms with Gasteiger partial charge in [0.2, 0.25) is 0 Å². The van der Waals surface area contributed by atoms with Gasteiger partial charge < -0.3 is 19.7 Å². The van der Waals surface area contributed by atoms with Crippen LogP contribution in [0.2, 0.25) is 5.02 Å². The van der Waals surface area contributed by atoms with E-state index < -0.39 is 30.0 Å². The summed E-state index contributed by atoms with van der Waals surface area (Å²) in [4.78, 5) is 27.0. The fourth-order valence-electron chi connectivity index (χ4n) is 5.67. The van der Waals surface area contributed by atoms with E-state index in [4.69, 9.17) is 25.2 Å². The van der Waals surface area contributed by atoms with Gasteiger partial charge in [0.05, 0.1) is 46.7 Å². The highest BCUT2D eigenvalue weighted by atomic mass is 35.5. The number of nitrogens with one attached hydrogen (secondary N) is 2. The average molecular weight is 609 g/mol. The van der Waals surface area contributed by atoms with Crippen molar-refractivity contribution >= 4 is 34.2 Å². The molecule has 6 rings (SSSR count). The van der Waals surface area contributed by atoms with Crippen molar-refractivity contribution in [3.8, 4) is 34.2 Å². The molecule has 43 heavy (non-hydrogen) atoms. The molecule has 1 amide bonds. The zero-order valence-electron chi connectivity index (χ0n) is 26.5. The monoisotopic (exact) mass is 608 g/mol. The summed E-state index contributed by atoms with van der Waals surface area (Å²) >= 11 is 6.54. The lowest BCUT2D eigenvalue weighted by molar-refractivity contribution is 0.0523. The molecule has 0 spiro atoms. The number of aromatic nitrogens is 4. The predicted molar refractivity (Wildman–Crippen MR) is 159 cm³/mol. The molecule has 2 aliphatic heterocycles. The molecule has 1 saturated heterocycles. The number of carbonyl (C=O) groups is 1. The smallest absolute Gasteiger partial charge is 0.407 e. The van der Waals surface area contributed by atoms with Crippen molar-refractivity contribution in [3.05, 3.63) is 56.8 Å². The summed E-state index contributed by atoms with van der Waals surface area (Å²) < 4.78 is 52.8. The fourth-order valence-corrected chi connectivity index (χ4v) is 5.91. The van der Waals surface area contributed by atoms with Crippen LogP contribution in [-0.2, 0) is 18.3 Å². The van der Waals surface area contributed by atoms with E-state index in [1.807, 2.05) is 4.90 Å². The Bertz CT molecular complexity index is 2000. The van der Waals surface area contributed by atoms with Gasteiger partial charge in [-0.25, -0.2) is 14.3 Å². The van der Waals surface area contributed by atoms with Crippen LogP contribution in [0.1, 0.15) is 49.0 Å². The van der Waals surface area contributed by atoms with E-state index in [1.54, 1.807) is 32.9 Å². The summed E-state index contributed by atoms with van der Waals surface area (Å²) in [7, 11) is 0. The summed E-state index contributed by atoms with van der Waals surface area (Å²) in [6, 6.07) is 6.67. The molecule has 1 fully saturated rings. The number of amides is 1. The molecule has 1 atom stereocenters.